The molecule has 1 N–H and O–H groups in total. The molecule has 0 atom stereocenters. The molecular weight excluding hydrogens is 366 g/mol. The molecule has 0 unspecified atom stereocenters. The summed E-state index contributed by atoms with van der Waals surface area (Å²) in [5.74, 6) is 0.644. The van der Waals surface area contributed by atoms with Gasteiger partial charge < -0.3 is 14.5 Å². The molecule has 0 radical (unpaired) electrons. The van der Waals surface area contributed by atoms with Crippen molar-refractivity contribution in [3.8, 4) is 17.4 Å². The Kier molecular flexibility index (Phi) is 6.66. The largest absolute Gasteiger partial charge is 0.457 e. The first kappa shape index (κ1) is 19.2. The van der Waals surface area contributed by atoms with E-state index in [0.29, 0.717) is 36.3 Å². The fourth-order valence-corrected chi connectivity index (χ4v) is 2.96. The van der Waals surface area contributed by atoms with Crippen LogP contribution in [0.1, 0.15) is 5.76 Å². The number of ether oxygens (including phenoxy) is 1. The number of nitrogens with zero attached hydrogens (tertiary/aromatic N) is 2. The maximum atomic E-state index is 12.2. The van der Waals surface area contributed by atoms with Gasteiger partial charge in [0.1, 0.15) is 23.2 Å². The number of nitriles is 1. The number of carbonyl (C=O) groups excluding carboxylic acids is 1. The summed E-state index contributed by atoms with van der Waals surface area (Å²) < 4.78 is 11.0. The van der Waals surface area contributed by atoms with Crippen molar-refractivity contribution < 1.29 is 13.9 Å². The summed E-state index contributed by atoms with van der Waals surface area (Å²) in [7, 11) is 0. The van der Waals surface area contributed by atoms with E-state index >= 15 is 0 Å². The molecule has 1 saturated heterocycles. The summed E-state index contributed by atoms with van der Waals surface area (Å²) in [5, 5.41) is 12.7. The molecule has 0 bridgehead atoms. The van der Waals surface area contributed by atoms with Crippen molar-refractivity contribution in [2.24, 2.45) is 0 Å². The van der Waals surface area contributed by atoms with Crippen LogP contribution < -0.4 is 5.32 Å². The van der Waals surface area contributed by atoms with Crippen molar-refractivity contribution in [3.63, 3.8) is 0 Å². The molecule has 1 aliphatic heterocycles. The first-order chi connectivity index (χ1) is 13.2. The molecule has 2 heterocycles. The molecule has 2 aromatic rings. The first-order valence-electron chi connectivity index (χ1n) is 8.71. The number of benzene rings is 1. The molecule has 0 aliphatic carbocycles. The Labute approximate surface area is 163 Å². The summed E-state index contributed by atoms with van der Waals surface area (Å²) in [4.78, 5) is 14.4. The van der Waals surface area contributed by atoms with E-state index in [1.54, 1.807) is 24.3 Å². The van der Waals surface area contributed by atoms with Crippen LogP contribution in [-0.4, -0.2) is 50.2 Å². The zero-order chi connectivity index (χ0) is 19.1. The van der Waals surface area contributed by atoms with Gasteiger partial charge in [0, 0.05) is 42.8 Å². The van der Waals surface area contributed by atoms with Crippen molar-refractivity contribution in [1.29, 1.82) is 5.26 Å². The molecule has 7 heteroatoms. The second kappa shape index (κ2) is 9.38. The number of hydrogen-bond acceptors (Lipinski definition) is 5. The fourth-order valence-electron chi connectivity index (χ4n) is 2.77. The third-order valence-electron chi connectivity index (χ3n) is 4.20. The van der Waals surface area contributed by atoms with E-state index in [0.717, 1.165) is 25.2 Å². The van der Waals surface area contributed by atoms with E-state index in [-0.39, 0.29) is 5.57 Å². The SMILES string of the molecule is N#CC(=Cc1ccc(-c2cccc(Cl)c2)o1)C(=O)NCCN1CCOCC1. The van der Waals surface area contributed by atoms with E-state index in [4.69, 9.17) is 20.8 Å². The van der Waals surface area contributed by atoms with Crippen molar-refractivity contribution in [1.82, 2.24) is 10.2 Å². The normalized spacial score (nSPS) is 15.3. The third-order valence-corrected chi connectivity index (χ3v) is 4.44. The minimum Gasteiger partial charge on any atom is -0.457 e. The number of halogens is 1. The van der Waals surface area contributed by atoms with Gasteiger partial charge in [0.05, 0.1) is 13.2 Å². The molecule has 1 aromatic carbocycles. The van der Waals surface area contributed by atoms with Crippen LogP contribution >= 0.6 is 11.6 Å². The molecule has 1 amide bonds. The second-order valence-electron chi connectivity index (χ2n) is 6.09. The van der Waals surface area contributed by atoms with Gasteiger partial charge in [0.15, 0.2) is 0 Å². The monoisotopic (exact) mass is 385 g/mol. The van der Waals surface area contributed by atoms with Crippen molar-refractivity contribution in [3.05, 3.63) is 52.8 Å². The van der Waals surface area contributed by atoms with Gasteiger partial charge in [-0.3, -0.25) is 9.69 Å². The van der Waals surface area contributed by atoms with Gasteiger partial charge in [-0.2, -0.15) is 5.26 Å². The van der Waals surface area contributed by atoms with Crippen LogP contribution in [-0.2, 0) is 9.53 Å². The number of carbonyl (C=O) groups is 1. The minimum absolute atomic E-state index is 0.00368. The lowest BCUT2D eigenvalue weighted by atomic mass is 10.2. The van der Waals surface area contributed by atoms with Crippen LogP contribution in [0.4, 0.5) is 0 Å². The molecule has 1 fully saturated rings. The molecule has 1 aliphatic rings. The number of rotatable bonds is 6. The molecule has 3 rings (SSSR count). The van der Waals surface area contributed by atoms with E-state index < -0.39 is 5.91 Å². The maximum Gasteiger partial charge on any atom is 0.262 e. The predicted molar refractivity (Wildman–Crippen MR) is 103 cm³/mol. The predicted octanol–water partition coefficient (Wildman–Crippen LogP) is 2.96. The van der Waals surface area contributed by atoms with Crippen LogP contribution in [0.5, 0.6) is 0 Å². The molecular formula is C20H20ClN3O3. The highest BCUT2D eigenvalue weighted by atomic mass is 35.5. The first-order valence-corrected chi connectivity index (χ1v) is 9.09. The minimum atomic E-state index is -0.411. The van der Waals surface area contributed by atoms with E-state index in [9.17, 15) is 10.1 Å². The summed E-state index contributed by atoms with van der Waals surface area (Å²) in [6, 6.07) is 12.7. The third kappa shape index (κ3) is 5.44. The Balaban J connectivity index is 1.60. The van der Waals surface area contributed by atoms with Gasteiger partial charge in [-0.05, 0) is 24.3 Å². The zero-order valence-electron chi connectivity index (χ0n) is 14.8. The highest BCUT2D eigenvalue weighted by Crippen LogP contribution is 2.25. The Morgan fingerprint density at radius 2 is 2.11 bits per heavy atom. The molecule has 0 spiro atoms. The number of morpholine rings is 1. The molecule has 6 nitrogen and oxygen atoms in total. The highest BCUT2D eigenvalue weighted by molar-refractivity contribution is 6.30. The molecule has 1 aromatic heterocycles. The standard InChI is InChI=1S/C20H20ClN3O3/c21-17-3-1-2-15(12-17)19-5-4-18(27-19)13-16(14-22)20(25)23-6-7-24-8-10-26-11-9-24/h1-5,12-13H,6-11H2,(H,23,25). The van der Waals surface area contributed by atoms with Gasteiger partial charge in [0.25, 0.3) is 5.91 Å². The Bertz CT molecular complexity index is 863. The molecule has 0 saturated carbocycles. The van der Waals surface area contributed by atoms with Gasteiger partial charge in [-0.1, -0.05) is 23.7 Å². The fraction of sp³-hybridized carbons (Fsp3) is 0.300. The Morgan fingerprint density at radius 1 is 1.30 bits per heavy atom. The number of furan rings is 1. The lowest BCUT2D eigenvalue weighted by Gasteiger charge is -2.26. The van der Waals surface area contributed by atoms with Crippen LogP contribution in [0.15, 0.2) is 46.4 Å². The van der Waals surface area contributed by atoms with Crippen molar-refractivity contribution >= 4 is 23.6 Å². The van der Waals surface area contributed by atoms with E-state index in [1.165, 1.54) is 6.08 Å². The average molecular weight is 386 g/mol. The smallest absolute Gasteiger partial charge is 0.262 e. The summed E-state index contributed by atoms with van der Waals surface area (Å²) >= 11 is 5.99. The molecule has 140 valence electrons. The Morgan fingerprint density at radius 3 is 2.85 bits per heavy atom. The van der Waals surface area contributed by atoms with Crippen LogP contribution in [0.25, 0.3) is 17.4 Å². The summed E-state index contributed by atoms with van der Waals surface area (Å²) in [6.45, 7) is 4.34. The average Bonchev–Trinajstić information content (AvgIpc) is 3.15. The topological polar surface area (TPSA) is 78.5 Å². The van der Waals surface area contributed by atoms with Crippen molar-refractivity contribution in [2.75, 3.05) is 39.4 Å². The van der Waals surface area contributed by atoms with Gasteiger partial charge in [-0.15, -0.1) is 0 Å². The molecule has 27 heavy (non-hydrogen) atoms. The van der Waals surface area contributed by atoms with Crippen LogP contribution in [0, 0.1) is 11.3 Å². The van der Waals surface area contributed by atoms with Gasteiger partial charge >= 0.3 is 0 Å². The van der Waals surface area contributed by atoms with Gasteiger partial charge in [0.2, 0.25) is 0 Å². The van der Waals surface area contributed by atoms with Crippen molar-refractivity contribution in [2.45, 2.75) is 0 Å². The number of nitrogens with one attached hydrogen (secondary N) is 1. The van der Waals surface area contributed by atoms with E-state index in [2.05, 4.69) is 10.2 Å². The quantitative estimate of drug-likeness (QED) is 0.611. The summed E-state index contributed by atoms with van der Waals surface area (Å²) in [5.41, 5.74) is 0.833. The van der Waals surface area contributed by atoms with E-state index in [1.807, 2.05) is 18.2 Å². The van der Waals surface area contributed by atoms with Crippen LogP contribution in [0.3, 0.4) is 0 Å². The van der Waals surface area contributed by atoms with Gasteiger partial charge in [-0.25, -0.2) is 0 Å². The highest BCUT2D eigenvalue weighted by Gasteiger charge is 2.13. The zero-order valence-corrected chi connectivity index (χ0v) is 15.5. The number of amides is 1. The number of hydrogen-bond donors (Lipinski definition) is 1. The maximum absolute atomic E-state index is 12.2. The lowest BCUT2D eigenvalue weighted by Crippen LogP contribution is -2.41. The summed E-state index contributed by atoms with van der Waals surface area (Å²) in [6.07, 6.45) is 1.44. The second-order valence-corrected chi connectivity index (χ2v) is 6.53. The lowest BCUT2D eigenvalue weighted by molar-refractivity contribution is -0.117. The Hall–Kier alpha value is -2.59. The van der Waals surface area contributed by atoms with Crippen LogP contribution in [0.2, 0.25) is 5.02 Å².